The van der Waals surface area contributed by atoms with Crippen LogP contribution in [0, 0.1) is 0 Å². The van der Waals surface area contributed by atoms with Gasteiger partial charge in [0, 0.05) is 18.8 Å². The van der Waals surface area contributed by atoms with E-state index in [1.54, 1.807) is 13.8 Å². The molecule has 1 aromatic carbocycles. The second kappa shape index (κ2) is 5.25. The van der Waals surface area contributed by atoms with E-state index >= 15 is 0 Å². The Hall–Kier alpha value is -0.870. The van der Waals surface area contributed by atoms with Crippen molar-refractivity contribution in [2.75, 3.05) is 12.8 Å². The second-order valence-corrected chi connectivity index (χ2v) is 8.71. The zero-order chi connectivity index (χ0) is 14.1. The molecule has 4 heteroatoms. The van der Waals surface area contributed by atoms with Gasteiger partial charge in [-0.3, -0.25) is 0 Å². The van der Waals surface area contributed by atoms with Crippen LogP contribution in [-0.4, -0.2) is 26.0 Å². The Morgan fingerprint density at radius 3 is 2.68 bits per heavy atom. The molecule has 0 saturated carbocycles. The Kier molecular flexibility index (Phi) is 4.02. The van der Waals surface area contributed by atoms with Crippen molar-refractivity contribution in [2.24, 2.45) is 0 Å². The molecular weight excluding hydrogens is 258 g/mol. The van der Waals surface area contributed by atoms with Crippen molar-refractivity contribution in [1.82, 2.24) is 5.32 Å². The molecule has 0 fully saturated rings. The molecule has 19 heavy (non-hydrogen) atoms. The van der Waals surface area contributed by atoms with Crippen molar-refractivity contribution in [1.29, 1.82) is 0 Å². The Morgan fingerprint density at radius 1 is 1.32 bits per heavy atom. The maximum absolute atomic E-state index is 11.7. The van der Waals surface area contributed by atoms with E-state index in [0.717, 1.165) is 19.3 Å². The molecule has 0 amide bonds. The summed E-state index contributed by atoms with van der Waals surface area (Å²) in [6, 6.07) is 8.73. The Bertz CT molecular complexity index is 549. The van der Waals surface area contributed by atoms with Crippen LogP contribution in [-0.2, 0) is 16.3 Å². The van der Waals surface area contributed by atoms with Crippen LogP contribution in [0.25, 0.3) is 0 Å². The zero-order valence-corrected chi connectivity index (χ0v) is 12.8. The fourth-order valence-electron chi connectivity index (χ4n) is 2.47. The first kappa shape index (κ1) is 14.5. The molecule has 0 bridgehead atoms. The summed E-state index contributed by atoms with van der Waals surface area (Å²) in [5, 5.41) is 3.45. The lowest BCUT2D eigenvalue weighted by molar-refractivity contribution is 0.429. The first-order chi connectivity index (χ1) is 8.81. The molecule has 0 radical (unpaired) electrons. The van der Waals surface area contributed by atoms with Crippen LogP contribution < -0.4 is 5.32 Å². The molecule has 0 heterocycles. The molecule has 1 unspecified atom stereocenters. The van der Waals surface area contributed by atoms with E-state index in [1.807, 2.05) is 0 Å². The van der Waals surface area contributed by atoms with Crippen LogP contribution in [0.4, 0.5) is 0 Å². The SMILES string of the molecule is CC(C)(CNC1CCCc2ccccc21)S(C)(=O)=O. The highest BCUT2D eigenvalue weighted by Crippen LogP contribution is 2.30. The van der Waals surface area contributed by atoms with Gasteiger partial charge in [-0.25, -0.2) is 8.42 Å². The van der Waals surface area contributed by atoms with Crippen molar-refractivity contribution >= 4 is 9.84 Å². The van der Waals surface area contributed by atoms with E-state index in [-0.39, 0.29) is 6.04 Å². The summed E-state index contributed by atoms with van der Waals surface area (Å²) in [7, 11) is -3.04. The predicted octanol–water partition coefficient (Wildman–Crippen LogP) is 2.48. The standard InChI is InChI=1S/C15H23NO2S/c1-15(2,19(3,17)18)11-16-14-10-6-8-12-7-4-5-9-13(12)14/h4-5,7,9,14,16H,6,8,10-11H2,1-3H3. The van der Waals surface area contributed by atoms with Gasteiger partial charge >= 0.3 is 0 Å². The fraction of sp³-hybridized carbons (Fsp3) is 0.600. The molecule has 1 N–H and O–H groups in total. The number of rotatable bonds is 4. The molecule has 0 spiro atoms. The van der Waals surface area contributed by atoms with Gasteiger partial charge < -0.3 is 5.32 Å². The molecule has 1 atom stereocenters. The first-order valence-electron chi connectivity index (χ1n) is 6.82. The van der Waals surface area contributed by atoms with Gasteiger partial charge in [0.2, 0.25) is 0 Å². The summed E-state index contributed by atoms with van der Waals surface area (Å²) in [6.07, 6.45) is 4.68. The van der Waals surface area contributed by atoms with Gasteiger partial charge in [-0.15, -0.1) is 0 Å². The highest BCUT2D eigenvalue weighted by molar-refractivity contribution is 7.92. The number of benzene rings is 1. The normalized spacial score (nSPS) is 20.1. The fourth-order valence-corrected chi connectivity index (χ4v) is 2.81. The Morgan fingerprint density at radius 2 is 2.00 bits per heavy atom. The minimum Gasteiger partial charge on any atom is -0.308 e. The monoisotopic (exact) mass is 281 g/mol. The Labute approximate surface area is 116 Å². The van der Waals surface area contributed by atoms with E-state index in [4.69, 9.17) is 0 Å². The van der Waals surface area contributed by atoms with Crippen molar-refractivity contribution in [3.05, 3.63) is 35.4 Å². The summed E-state index contributed by atoms with van der Waals surface area (Å²) < 4.78 is 22.7. The van der Waals surface area contributed by atoms with Crippen molar-refractivity contribution < 1.29 is 8.42 Å². The number of sulfone groups is 1. The highest BCUT2D eigenvalue weighted by Gasteiger charge is 2.31. The summed E-state index contributed by atoms with van der Waals surface area (Å²) in [5.41, 5.74) is 2.72. The van der Waals surface area contributed by atoms with Gasteiger partial charge in [-0.1, -0.05) is 24.3 Å². The molecular formula is C15H23NO2S. The molecule has 1 aliphatic rings. The average molecular weight is 281 g/mol. The van der Waals surface area contributed by atoms with E-state index in [2.05, 4.69) is 29.6 Å². The van der Waals surface area contributed by atoms with E-state index in [0.29, 0.717) is 6.54 Å². The van der Waals surface area contributed by atoms with Crippen LogP contribution in [0.3, 0.4) is 0 Å². The van der Waals surface area contributed by atoms with Gasteiger partial charge in [0.05, 0.1) is 4.75 Å². The Balaban J connectivity index is 2.10. The van der Waals surface area contributed by atoms with Crippen molar-refractivity contribution in [3.8, 4) is 0 Å². The van der Waals surface area contributed by atoms with E-state index < -0.39 is 14.6 Å². The third-order valence-electron chi connectivity index (χ3n) is 4.15. The average Bonchev–Trinajstić information content (AvgIpc) is 2.35. The first-order valence-corrected chi connectivity index (χ1v) is 8.71. The maximum atomic E-state index is 11.7. The molecule has 0 aliphatic heterocycles. The maximum Gasteiger partial charge on any atom is 0.153 e. The number of hydrogen-bond donors (Lipinski definition) is 1. The molecule has 3 nitrogen and oxygen atoms in total. The van der Waals surface area contributed by atoms with Crippen molar-refractivity contribution in [3.63, 3.8) is 0 Å². The lowest BCUT2D eigenvalue weighted by Crippen LogP contribution is -2.43. The minimum atomic E-state index is -3.04. The third-order valence-corrected chi connectivity index (χ3v) is 6.30. The third kappa shape index (κ3) is 3.18. The number of hydrogen-bond acceptors (Lipinski definition) is 3. The largest absolute Gasteiger partial charge is 0.308 e. The zero-order valence-electron chi connectivity index (χ0n) is 11.9. The van der Waals surface area contributed by atoms with Crippen LogP contribution in [0.5, 0.6) is 0 Å². The molecule has 0 aromatic heterocycles. The highest BCUT2D eigenvalue weighted by atomic mass is 32.2. The van der Waals surface area contributed by atoms with Gasteiger partial charge in [-0.2, -0.15) is 0 Å². The summed E-state index contributed by atoms with van der Waals surface area (Å²) in [5.74, 6) is 0. The second-order valence-electron chi connectivity index (χ2n) is 6.06. The van der Waals surface area contributed by atoms with Gasteiger partial charge in [0.25, 0.3) is 0 Å². The summed E-state index contributed by atoms with van der Waals surface area (Å²) in [4.78, 5) is 0. The van der Waals surface area contributed by atoms with E-state index in [1.165, 1.54) is 17.4 Å². The van der Waals surface area contributed by atoms with Crippen LogP contribution in [0.2, 0.25) is 0 Å². The minimum absolute atomic E-state index is 0.283. The molecule has 106 valence electrons. The van der Waals surface area contributed by atoms with Crippen LogP contribution in [0.15, 0.2) is 24.3 Å². The lowest BCUT2D eigenvalue weighted by Gasteiger charge is -2.30. The van der Waals surface area contributed by atoms with Gasteiger partial charge in [-0.05, 0) is 44.2 Å². The summed E-state index contributed by atoms with van der Waals surface area (Å²) in [6.45, 7) is 4.05. The number of nitrogens with one attached hydrogen (secondary N) is 1. The number of fused-ring (bicyclic) bond motifs is 1. The lowest BCUT2D eigenvalue weighted by atomic mass is 9.87. The quantitative estimate of drug-likeness (QED) is 0.922. The molecule has 1 aromatic rings. The van der Waals surface area contributed by atoms with Crippen molar-refractivity contribution in [2.45, 2.75) is 43.9 Å². The predicted molar refractivity (Wildman–Crippen MR) is 79.0 cm³/mol. The number of aryl methyl sites for hydroxylation is 1. The molecule has 1 aliphatic carbocycles. The van der Waals surface area contributed by atoms with Gasteiger partial charge in [0.1, 0.15) is 0 Å². The summed E-state index contributed by atoms with van der Waals surface area (Å²) >= 11 is 0. The molecule has 0 saturated heterocycles. The van der Waals surface area contributed by atoms with Crippen LogP contribution >= 0.6 is 0 Å². The topological polar surface area (TPSA) is 46.2 Å². The van der Waals surface area contributed by atoms with E-state index in [9.17, 15) is 8.42 Å². The molecule has 2 rings (SSSR count). The van der Waals surface area contributed by atoms with Gasteiger partial charge in [0.15, 0.2) is 9.84 Å². The smallest absolute Gasteiger partial charge is 0.153 e. The van der Waals surface area contributed by atoms with Crippen LogP contribution in [0.1, 0.15) is 43.9 Å².